The maximum atomic E-state index is 13.5. The molecule has 0 aliphatic rings. The quantitative estimate of drug-likeness (QED) is 0.813. The van der Waals surface area contributed by atoms with Crippen LogP contribution in [0.3, 0.4) is 0 Å². The second-order valence-electron chi connectivity index (χ2n) is 5.19. The normalized spacial score (nSPS) is 10.1. The summed E-state index contributed by atoms with van der Waals surface area (Å²) >= 11 is 0. The number of anilines is 1. The highest BCUT2D eigenvalue weighted by atomic mass is 19.1. The molecule has 2 aromatic carbocycles. The number of aryl methyl sites for hydroxylation is 1. The van der Waals surface area contributed by atoms with Gasteiger partial charge in [-0.2, -0.15) is 0 Å². The Morgan fingerprint density at radius 1 is 1.04 bits per heavy atom. The zero-order chi connectivity index (χ0) is 18.4. The van der Waals surface area contributed by atoms with Crippen LogP contribution in [0.2, 0.25) is 0 Å². The zero-order valence-corrected chi connectivity index (χ0v) is 14.1. The predicted molar refractivity (Wildman–Crippen MR) is 89.6 cm³/mol. The van der Waals surface area contributed by atoms with Crippen molar-refractivity contribution >= 4 is 17.6 Å². The van der Waals surface area contributed by atoms with Crippen LogP contribution in [-0.2, 0) is 9.53 Å². The molecular formula is C18H18FNO5. The number of benzene rings is 2. The highest BCUT2D eigenvalue weighted by Crippen LogP contribution is 2.25. The smallest absolute Gasteiger partial charge is 0.338 e. The number of carbonyl (C=O) groups excluding carboxylic acids is 2. The van der Waals surface area contributed by atoms with E-state index in [1.165, 1.54) is 26.4 Å². The minimum Gasteiger partial charge on any atom is -0.497 e. The summed E-state index contributed by atoms with van der Waals surface area (Å²) in [6, 6.07) is 8.82. The number of ether oxygens (including phenoxy) is 3. The molecule has 0 saturated carbocycles. The Morgan fingerprint density at radius 3 is 2.24 bits per heavy atom. The van der Waals surface area contributed by atoms with Gasteiger partial charge >= 0.3 is 5.97 Å². The van der Waals surface area contributed by atoms with Crippen molar-refractivity contribution in [3.63, 3.8) is 0 Å². The minimum atomic E-state index is -0.780. The molecular weight excluding hydrogens is 329 g/mol. The molecule has 0 heterocycles. The maximum absolute atomic E-state index is 13.5. The van der Waals surface area contributed by atoms with Gasteiger partial charge in [0.25, 0.3) is 5.91 Å². The van der Waals surface area contributed by atoms with E-state index in [0.29, 0.717) is 22.7 Å². The van der Waals surface area contributed by atoms with Crippen LogP contribution in [-0.4, -0.2) is 32.7 Å². The van der Waals surface area contributed by atoms with Crippen LogP contribution in [0, 0.1) is 12.7 Å². The summed E-state index contributed by atoms with van der Waals surface area (Å²) < 4.78 is 28.6. The van der Waals surface area contributed by atoms with E-state index in [2.05, 4.69) is 5.32 Å². The molecule has 2 aromatic rings. The van der Waals surface area contributed by atoms with E-state index in [1.807, 2.05) is 0 Å². The average Bonchev–Trinajstić information content (AvgIpc) is 2.61. The predicted octanol–water partition coefficient (Wildman–Crippen LogP) is 2.95. The third-order valence-corrected chi connectivity index (χ3v) is 3.38. The van der Waals surface area contributed by atoms with E-state index in [9.17, 15) is 14.0 Å². The lowest BCUT2D eigenvalue weighted by Crippen LogP contribution is -2.21. The van der Waals surface area contributed by atoms with E-state index in [0.717, 1.165) is 6.07 Å². The van der Waals surface area contributed by atoms with Crippen molar-refractivity contribution in [1.29, 1.82) is 0 Å². The average molecular weight is 347 g/mol. The SMILES string of the molecule is COc1cc(NC(=O)COC(=O)c2ccc(C)c(F)c2)cc(OC)c1. The van der Waals surface area contributed by atoms with Crippen molar-refractivity contribution in [2.75, 3.05) is 26.1 Å². The van der Waals surface area contributed by atoms with Gasteiger partial charge in [-0.25, -0.2) is 9.18 Å². The summed E-state index contributed by atoms with van der Waals surface area (Å²) in [6.45, 7) is 1.08. The largest absolute Gasteiger partial charge is 0.497 e. The Morgan fingerprint density at radius 2 is 1.68 bits per heavy atom. The number of esters is 1. The first-order valence-electron chi connectivity index (χ1n) is 7.39. The molecule has 0 aromatic heterocycles. The second kappa shape index (κ2) is 8.14. The molecule has 0 fully saturated rings. The van der Waals surface area contributed by atoms with Crippen molar-refractivity contribution in [1.82, 2.24) is 0 Å². The van der Waals surface area contributed by atoms with E-state index in [4.69, 9.17) is 14.2 Å². The molecule has 0 saturated heterocycles. The van der Waals surface area contributed by atoms with E-state index >= 15 is 0 Å². The van der Waals surface area contributed by atoms with Crippen LogP contribution >= 0.6 is 0 Å². The Balaban J connectivity index is 1.96. The number of hydrogen-bond acceptors (Lipinski definition) is 5. The number of hydrogen-bond donors (Lipinski definition) is 1. The van der Waals surface area contributed by atoms with Crippen LogP contribution in [0.4, 0.5) is 10.1 Å². The molecule has 6 nitrogen and oxygen atoms in total. The van der Waals surface area contributed by atoms with Gasteiger partial charge < -0.3 is 19.5 Å². The molecule has 132 valence electrons. The number of rotatable bonds is 6. The fourth-order valence-corrected chi connectivity index (χ4v) is 2.01. The van der Waals surface area contributed by atoms with Gasteiger partial charge in [-0.15, -0.1) is 0 Å². The molecule has 0 radical (unpaired) electrons. The monoisotopic (exact) mass is 347 g/mol. The molecule has 25 heavy (non-hydrogen) atoms. The summed E-state index contributed by atoms with van der Waals surface area (Å²) in [7, 11) is 2.98. The molecule has 0 aliphatic carbocycles. The van der Waals surface area contributed by atoms with Crippen molar-refractivity contribution in [2.24, 2.45) is 0 Å². The van der Waals surface area contributed by atoms with Crippen LogP contribution in [0.5, 0.6) is 11.5 Å². The number of carbonyl (C=O) groups is 2. The Bertz CT molecular complexity index is 769. The van der Waals surface area contributed by atoms with Gasteiger partial charge in [-0.3, -0.25) is 4.79 Å². The topological polar surface area (TPSA) is 73.9 Å². The van der Waals surface area contributed by atoms with Crippen LogP contribution in [0.1, 0.15) is 15.9 Å². The first kappa shape index (κ1) is 18.3. The van der Waals surface area contributed by atoms with Gasteiger partial charge in [0.05, 0.1) is 19.8 Å². The zero-order valence-electron chi connectivity index (χ0n) is 14.1. The minimum absolute atomic E-state index is 0.0407. The number of methoxy groups -OCH3 is 2. The maximum Gasteiger partial charge on any atom is 0.338 e. The van der Waals surface area contributed by atoms with Crippen molar-refractivity contribution < 1.29 is 28.2 Å². The molecule has 0 bridgehead atoms. The standard InChI is InChI=1S/C18H18FNO5/c1-11-4-5-12(6-16(11)19)18(22)25-10-17(21)20-13-7-14(23-2)9-15(8-13)24-3/h4-9H,10H2,1-3H3,(H,20,21). The van der Waals surface area contributed by atoms with Crippen LogP contribution in [0.15, 0.2) is 36.4 Å². The highest BCUT2D eigenvalue weighted by Gasteiger charge is 2.13. The fraction of sp³-hybridized carbons (Fsp3) is 0.222. The molecule has 1 amide bonds. The third kappa shape index (κ3) is 4.94. The molecule has 7 heteroatoms. The third-order valence-electron chi connectivity index (χ3n) is 3.38. The lowest BCUT2D eigenvalue weighted by atomic mass is 10.1. The van der Waals surface area contributed by atoms with Gasteiger partial charge in [0, 0.05) is 23.9 Å². The molecule has 0 atom stereocenters. The summed E-state index contributed by atoms with van der Waals surface area (Å²) in [4.78, 5) is 23.8. The van der Waals surface area contributed by atoms with Crippen molar-refractivity contribution in [3.8, 4) is 11.5 Å². The molecule has 2 rings (SSSR count). The van der Waals surface area contributed by atoms with E-state index in [-0.39, 0.29) is 5.56 Å². The van der Waals surface area contributed by atoms with Gasteiger partial charge in [0.2, 0.25) is 0 Å². The summed E-state index contributed by atoms with van der Waals surface area (Å²) in [6.07, 6.45) is 0. The summed E-state index contributed by atoms with van der Waals surface area (Å²) in [5.74, 6) is -0.834. The van der Waals surface area contributed by atoms with Gasteiger partial charge in [0.1, 0.15) is 17.3 Å². The Kier molecular flexibility index (Phi) is 5.94. The number of nitrogens with one attached hydrogen (secondary N) is 1. The molecule has 0 unspecified atom stereocenters. The summed E-state index contributed by atoms with van der Waals surface area (Å²) in [5, 5.41) is 2.57. The highest BCUT2D eigenvalue weighted by molar-refractivity contribution is 5.95. The first-order chi connectivity index (χ1) is 11.9. The second-order valence-corrected chi connectivity index (χ2v) is 5.19. The van der Waals surface area contributed by atoms with Gasteiger partial charge in [-0.05, 0) is 24.6 Å². The molecule has 0 spiro atoms. The summed E-state index contributed by atoms with van der Waals surface area (Å²) in [5.41, 5.74) is 0.888. The molecule has 0 aliphatic heterocycles. The lowest BCUT2D eigenvalue weighted by Gasteiger charge is -2.10. The Hall–Kier alpha value is -3.09. The van der Waals surface area contributed by atoms with Gasteiger partial charge in [-0.1, -0.05) is 6.07 Å². The van der Waals surface area contributed by atoms with Crippen molar-refractivity contribution in [3.05, 3.63) is 53.3 Å². The van der Waals surface area contributed by atoms with E-state index < -0.39 is 24.3 Å². The fourth-order valence-electron chi connectivity index (χ4n) is 2.01. The molecule has 1 N–H and O–H groups in total. The van der Waals surface area contributed by atoms with Gasteiger partial charge in [0.15, 0.2) is 6.61 Å². The van der Waals surface area contributed by atoms with Crippen molar-refractivity contribution in [2.45, 2.75) is 6.92 Å². The number of amides is 1. The van der Waals surface area contributed by atoms with E-state index in [1.54, 1.807) is 25.1 Å². The Labute approximate surface area is 144 Å². The van der Waals surface area contributed by atoms with Crippen LogP contribution in [0.25, 0.3) is 0 Å². The lowest BCUT2D eigenvalue weighted by molar-refractivity contribution is -0.119. The van der Waals surface area contributed by atoms with Crippen LogP contribution < -0.4 is 14.8 Å². The first-order valence-corrected chi connectivity index (χ1v) is 7.39. The number of halogens is 1.